The Hall–Kier alpha value is -11.1. The van der Waals surface area contributed by atoms with Gasteiger partial charge in [0, 0.05) is 74.2 Å². The molecule has 510 valence electrons. The van der Waals surface area contributed by atoms with Gasteiger partial charge in [0.25, 0.3) is 5.91 Å². The summed E-state index contributed by atoms with van der Waals surface area (Å²) in [5.41, 5.74) is 23.2. The number of imidazole rings is 1. The predicted octanol–water partition coefficient (Wildman–Crippen LogP) is -1.52. The number of nitrogens with two attached hydrogens (primary N) is 3. The van der Waals surface area contributed by atoms with Crippen LogP contribution >= 0.6 is 0 Å². The quantitative estimate of drug-likeness (QED) is 0.0102. The number of aliphatic imine (C=N–C) groups is 1. The molecule has 31 nitrogen and oxygen atoms in total. The Labute approximate surface area is 551 Å². The van der Waals surface area contributed by atoms with Crippen LogP contribution in [0.2, 0.25) is 0 Å². The van der Waals surface area contributed by atoms with Crippen LogP contribution in [-0.4, -0.2) is 175 Å². The summed E-state index contributed by atoms with van der Waals surface area (Å²) in [6.07, 6.45) is 4.76. The Morgan fingerprint density at radius 2 is 1.24 bits per heavy atom. The minimum atomic E-state index is -1.80. The molecule has 4 aromatic carbocycles. The van der Waals surface area contributed by atoms with Gasteiger partial charge in [-0.25, -0.2) is 15.2 Å². The van der Waals surface area contributed by atoms with Crippen LogP contribution in [-0.2, 0) is 73.6 Å². The van der Waals surface area contributed by atoms with E-state index in [0.717, 1.165) is 10.8 Å². The second-order valence-corrected chi connectivity index (χ2v) is 24.1. The first kappa shape index (κ1) is 70.8. The highest BCUT2D eigenvalue weighted by Crippen LogP contribution is 2.23. The predicted molar refractivity (Wildman–Crippen MR) is 350 cm³/mol. The van der Waals surface area contributed by atoms with Crippen LogP contribution in [0.1, 0.15) is 81.2 Å². The maximum atomic E-state index is 15.1. The molecule has 12 amide bonds. The van der Waals surface area contributed by atoms with Gasteiger partial charge in [0.15, 0.2) is 5.96 Å². The van der Waals surface area contributed by atoms with E-state index >= 15 is 9.59 Å². The number of aliphatic hydroxyl groups is 1. The van der Waals surface area contributed by atoms with Crippen molar-refractivity contribution in [2.24, 2.45) is 28.1 Å². The summed E-state index contributed by atoms with van der Waals surface area (Å²) >= 11 is 0. The van der Waals surface area contributed by atoms with E-state index in [1.165, 1.54) is 41.7 Å². The summed E-state index contributed by atoms with van der Waals surface area (Å²) < 4.78 is 0. The van der Waals surface area contributed by atoms with Crippen LogP contribution in [0.3, 0.4) is 0 Å². The minimum absolute atomic E-state index is 0.0143. The van der Waals surface area contributed by atoms with E-state index in [1.807, 2.05) is 41.8 Å². The number of benzene rings is 4. The van der Waals surface area contributed by atoms with E-state index in [2.05, 4.69) is 67.9 Å². The Balaban J connectivity index is 1.06. The first-order valence-corrected chi connectivity index (χ1v) is 31.5. The molecular weight excluding hydrogens is 1240 g/mol. The molecule has 96 heavy (non-hydrogen) atoms. The Morgan fingerprint density at radius 3 is 1.88 bits per heavy atom. The number of primary amides is 1. The zero-order chi connectivity index (χ0) is 69.0. The number of urea groups is 1. The van der Waals surface area contributed by atoms with Crippen molar-refractivity contribution in [1.29, 1.82) is 0 Å². The molecule has 31 heteroatoms. The summed E-state index contributed by atoms with van der Waals surface area (Å²) in [5, 5.41) is 45.1. The maximum Gasteiger partial charge on any atom is 0.330 e. The summed E-state index contributed by atoms with van der Waals surface area (Å²) in [5.74, 6) is -8.41. The lowest BCUT2D eigenvalue weighted by molar-refractivity contribution is -0.142. The van der Waals surface area contributed by atoms with Crippen LogP contribution in [0, 0.1) is 5.92 Å². The van der Waals surface area contributed by atoms with E-state index in [1.54, 1.807) is 50.4 Å². The van der Waals surface area contributed by atoms with Gasteiger partial charge in [0.1, 0.15) is 60.1 Å². The average molecular weight is 1320 g/mol. The molecule has 2 fully saturated rings. The minimum Gasteiger partial charge on any atom is -0.508 e. The highest BCUT2D eigenvalue weighted by molar-refractivity contribution is 6.00. The number of hydrogen-bond donors (Lipinski definition) is 17. The molecule has 0 bridgehead atoms. The zero-order valence-corrected chi connectivity index (χ0v) is 53.0. The lowest BCUT2D eigenvalue weighted by Gasteiger charge is -2.30. The third-order valence-corrected chi connectivity index (χ3v) is 16.4. The first-order chi connectivity index (χ1) is 46.0. The van der Waals surface area contributed by atoms with Gasteiger partial charge in [0.2, 0.25) is 53.2 Å². The number of guanidine groups is 1. The van der Waals surface area contributed by atoms with Crippen molar-refractivity contribution in [3.63, 3.8) is 0 Å². The number of carbonyl (C=O) groups excluding carboxylic acids is 11. The van der Waals surface area contributed by atoms with Crippen LogP contribution in [0.4, 0.5) is 4.79 Å². The van der Waals surface area contributed by atoms with Gasteiger partial charge in [-0.15, -0.1) is 0 Å². The van der Waals surface area contributed by atoms with E-state index in [9.17, 15) is 53.4 Å². The summed E-state index contributed by atoms with van der Waals surface area (Å²) in [6, 6.07) is 12.3. The number of aliphatic hydroxyl groups excluding tert-OH is 1. The molecule has 8 rings (SSSR count). The molecule has 2 saturated heterocycles. The van der Waals surface area contributed by atoms with E-state index in [-0.39, 0.29) is 101 Å². The number of carbonyl (C=O) groups is 11. The molecule has 0 aliphatic carbocycles. The van der Waals surface area contributed by atoms with Crippen molar-refractivity contribution in [2.45, 2.75) is 139 Å². The fourth-order valence-electron chi connectivity index (χ4n) is 11.5. The molecule has 0 radical (unpaired) electrons. The summed E-state index contributed by atoms with van der Waals surface area (Å²) in [4.78, 5) is 169. The number of fused-ring (bicyclic) bond motifs is 2. The van der Waals surface area contributed by atoms with E-state index in [0.29, 0.717) is 39.7 Å². The number of H-pyrrole nitrogens is 2. The van der Waals surface area contributed by atoms with Crippen LogP contribution in [0.5, 0.6) is 5.75 Å². The van der Waals surface area contributed by atoms with Gasteiger partial charge in [-0.3, -0.25) is 58.4 Å². The number of aromatic amines is 2. The number of phenols is 1. The monoisotopic (exact) mass is 1320 g/mol. The number of amides is 12. The van der Waals surface area contributed by atoms with Gasteiger partial charge < -0.3 is 84.8 Å². The lowest BCUT2D eigenvalue weighted by Crippen LogP contribution is -2.61. The number of hydrogen-bond acceptors (Lipinski definition) is 15. The Bertz CT molecular complexity index is 3800. The van der Waals surface area contributed by atoms with Crippen molar-refractivity contribution >= 4 is 92.7 Å². The van der Waals surface area contributed by atoms with Crippen molar-refractivity contribution in [3.05, 3.63) is 132 Å². The molecular formula is C65H82N18O13. The summed E-state index contributed by atoms with van der Waals surface area (Å²) in [6.45, 7) is 2.74. The number of phenolic OH excluding ortho intramolecular Hbond substituents is 1. The van der Waals surface area contributed by atoms with Crippen molar-refractivity contribution < 1.29 is 63.0 Å². The molecule has 9 atom stereocenters. The van der Waals surface area contributed by atoms with E-state index < -0.39 is 120 Å². The molecule has 2 aromatic heterocycles. The highest BCUT2D eigenvalue weighted by Gasteiger charge is 2.40. The molecule has 0 spiro atoms. The third kappa shape index (κ3) is 20.0. The Morgan fingerprint density at radius 1 is 0.646 bits per heavy atom. The molecule has 0 unspecified atom stereocenters. The zero-order valence-electron chi connectivity index (χ0n) is 53.0. The van der Waals surface area contributed by atoms with Crippen molar-refractivity contribution in [1.82, 2.24) is 73.2 Å². The average Bonchev–Trinajstić information content (AvgIpc) is 1.91. The molecule has 20 N–H and O–H groups in total. The van der Waals surface area contributed by atoms with Crippen LogP contribution < -0.4 is 70.6 Å². The fraction of sp³-hybridized carbons (Fsp3) is 0.400. The molecule has 4 heterocycles. The second kappa shape index (κ2) is 33.6. The number of para-hydroxylation sites is 1. The number of nitrogens with zero attached hydrogens (tertiary/aromatic N) is 3. The SMILES string of the molecule is CC(C)C[C@H](NC(=O)[C@@H](Cc1ccc2ccccc2c1)NC(=O)[C@H](Cc1ccc(O)cc1)NC(=O)[C@H](CO)NC(=O)[C@H](Cc1c[nH]c2ccccc12)NC(=O)[C@H](Cc1cnc[nH]1)NC(=O)[C@@H]1CCC(=O)N1)C(=O)N[C@@H](CCCN=C(N)N)C(=O)N1CCC[C@H]1C(=O)NNC(N)=O. The van der Waals surface area contributed by atoms with Gasteiger partial charge in [-0.2, -0.15) is 0 Å². The largest absolute Gasteiger partial charge is 0.508 e. The summed E-state index contributed by atoms with van der Waals surface area (Å²) in [7, 11) is 0. The fourth-order valence-corrected chi connectivity index (χ4v) is 11.5. The second-order valence-electron chi connectivity index (χ2n) is 24.1. The third-order valence-electron chi connectivity index (χ3n) is 16.4. The maximum absolute atomic E-state index is 15.1. The van der Waals surface area contributed by atoms with Crippen LogP contribution in [0.15, 0.2) is 115 Å². The number of nitrogens with one attached hydrogen (secondary N) is 12. The normalized spacial score (nSPS) is 16.5. The van der Waals surface area contributed by atoms with Gasteiger partial charge >= 0.3 is 6.03 Å². The lowest BCUT2D eigenvalue weighted by atomic mass is 9.98. The number of rotatable bonds is 31. The molecule has 2 aliphatic heterocycles. The number of likely N-dealkylation sites (tertiary alicyclic amines) is 1. The smallest absolute Gasteiger partial charge is 0.330 e. The van der Waals surface area contributed by atoms with Gasteiger partial charge in [0.05, 0.1) is 12.9 Å². The van der Waals surface area contributed by atoms with Crippen molar-refractivity contribution in [3.8, 4) is 5.75 Å². The standard InChI is InChI=1S/C65H82N18O13/c1-35(2)25-47(56(88)74-46(13-7-23-70-64(66)67)63(95)83-24-8-14-53(83)62(94)81-82-65(68)96)75-58(90)49(28-37-15-18-38-9-3-4-10-39(38)26-37)76-57(89)48(27-36-16-19-42(85)20-17-36)77-61(93)52(33-84)80-59(91)50(29-40-31-71-44-12-6-5-11-43(40)44)78-60(92)51(30-41-32-69-34-72-41)79-55(87)45-21-22-54(86)73-45/h3-6,9-12,15-20,26,31-32,34-35,45-53,71,84-85H,7-8,13-14,21-25,27-30,33H2,1-2H3,(H,69,72)(H,73,86)(H,74,88)(H,75,90)(H,76,89)(H,77,93)(H,78,92)(H,79,87)(H,80,91)(H,81,94)(H4,66,67,70)(H3,68,82,96)/t45-,46-,47-,48-,49+,50-,51-,52-,53-/m0/s1. The number of hydrazine groups is 1. The Kier molecular flexibility index (Phi) is 24.8. The molecule has 2 aliphatic rings. The topological polar surface area (TPSA) is 487 Å². The molecule has 0 saturated carbocycles. The number of aromatic nitrogens is 3. The van der Waals surface area contributed by atoms with Gasteiger partial charge in [-0.1, -0.05) is 86.6 Å². The first-order valence-electron chi connectivity index (χ1n) is 31.5. The number of aromatic hydroxyl groups is 1. The van der Waals surface area contributed by atoms with Gasteiger partial charge in [-0.05, 0) is 90.1 Å². The molecule has 6 aromatic rings. The van der Waals surface area contributed by atoms with Crippen LogP contribution in [0.25, 0.3) is 21.7 Å². The highest BCUT2D eigenvalue weighted by atomic mass is 16.3. The van der Waals surface area contributed by atoms with Crippen molar-refractivity contribution in [2.75, 3.05) is 19.7 Å². The van der Waals surface area contributed by atoms with E-state index in [4.69, 9.17) is 17.2 Å².